The number of aromatic nitrogens is 2. The number of hydrogen-bond donors (Lipinski definition) is 1. The van der Waals surface area contributed by atoms with Gasteiger partial charge in [0.2, 0.25) is 11.7 Å². The molecule has 0 spiro atoms. The van der Waals surface area contributed by atoms with Crippen molar-refractivity contribution in [2.24, 2.45) is 0 Å². The van der Waals surface area contributed by atoms with Gasteiger partial charge < -0.3 is 14.7 Å². The Morgan fingerprint density at radius 2 is 2.05 bits per heavy atom. The molecule has 1 aliphatic heterocycles. The fourth-order valence-corrected chi connectivity index (χ4v) is 3.12. The van der Waals surface area contributed by atoms with Crippen molar-refractivity contribution in [3.05, 3.63) is 36.2 Å². The normalized spacial score (nSPS) is 16.3. The predicted octanol–water partition coefficient (Wildman–Crippen LogP) is 2.56. The summed E-state index contributed by atoms with van der Waals surface area (Å²) in [5.74, 6) is 2.92. The highest BCUT2D eigenvalue weighted by atomic mass is 32.2. The van der Waals surface area contributed by atoms with Crippen LogP contribution in [-0.2, 0) is 0 Å². The minimum absolute atomic E-state index is 0.0766. The fraction of sp³-hybridized carbons (Fsp3) is 0.400. The van der Waals surface area contributed by atoms with Crippen molar-refractivity contribution < 1.29 is 9.32 Å². The number of thioether (sulfide) groups is 1. The summed E-state index contributed by atoms with van der Waals surface area (Å²) in [6, 6.07) is 9.23. The van der Waals surface area contributed by atoms with Crippen molar-refractivity contribution in [1.82, 2.24) is 20.4 Å². The van der Waals surface area contributed by atoms with Gasteiger partial charge >= 0.3 is 6.03 Å². The van der Waals surface area contributed by atoms with E-state index in [1.165, 1.54) is 0 Å². The first-order valence-electron chi connectivity index (χ1n) is 7.26. The minimum Gasteiger partial charge on any atom is -0.337 e. The molecule has 0 aliphatic carbocycles. The third kappa shape index (κ3) is 3.41. The molecule has 1 aromatic carbocycles. The summed E-state index contributed by atoms with van der Waals surface area (Å²) in [7, 11) is 0. The van der Waals surface area contributed by atoms with Gasteiger partial charge in [-0.3, -0.25) is 0 Å². The van der Waals surface area contributed by atoms with Crippen LogP contribution in [0.3, 0.4) is 0 Å². The van der Waals surface area contributed by atoms with Crippen LogP contribution in [0.25, 0.3) is 11.4 Å². The van der Waals surface area contributed by atoms with E-state index >= 15 is 0 Å². The van der Waals surface area contributed by atoms with Crippen LogP contribution >= 0.6 is 11.8 Å². The first-order chi connectivity index (χ1) is 10.7. The van der Waals surface area contributed by atoms with Crippen molar-refractivity contribution in [1.29, 1.82) is 0 Å². The van der Waals surface area contributed by atoms with E-state index in [0.717, 1.165) is 30.2 Å². The molecule has 1 fully saturated rings. The maximum Gasteiger partial charge on any atom is 0.318 e. The van der Waals surface area contributed by atoms with E-state index < -0.39 is 0 Å². The highest BCUT2D eigenvalue weighted by Gasteiger charge is 2.22. The standard InChI is InChI=1S/C15H18N4O2S/c1-11(16-15(20)19-7-9-22-10-8-19)14-17-13(18-21-14)12-5-3-2-4-6-12/h2-6,11H,7-10H2,1H3,(H,16,20)/t11-/m0/s1. The molecule has 22 heavy (non-hydrogen) atoms. The SMILES string of the molecule is C[C@H](NC(=O)N1CCSCC1)c1nc(-c2ccccc2)no1. The van der Waals surface area contributed by atoms with Crippen LogP contribution in [0.5, 0.6) is 0 Å². The quantitative estimate of drug-likeness (QED) is 0.941. The summed E-state index contributed by atoms with van der Waals surface area (Å²) in [5.41, 5.74) is 0.893. The van der Waals surface area contributed by atoms with Crippen LogP contribution in [0.1, 0.15) is 18.9 Å². The van der Waals surface area contributed by atoms with Gasteiger partial charge in [0.15, 0.2) is 0 Å². The van der Waals surface area contributed by atoms with E-state index in [2.05, 4.69) is 15.5 Å². The zero-order valence-corrected chi connectivity index (χ0v) is 13.2. The topological polar surface area (TPSA) is 71.3 Å². The van der Waals surface area contributed by atoms with Crippen LogP contribution in [0, 0.1) is 0 Å². The van der Waals surface area contributed by atoms with Gasteiger partial charge in [0.05, 0.1) is 0 Å². The van der Waals surface area contributed by atoms with Crippen LogP contribution < -0.4 is 5.32 Å². The lowest BCUT2D eigenvalue weighted by atomic mass is 10.2. The molecule has 2 amide bonds. The van der Waals surface area contributed by atoms with E-state index in [1.807, 2.05) is 53.9 Å². The molecule has 3 rings (SSSR count). The Bertz CT molecular complexity index is 625. The van der Waals surface area contributed by atoms with Gasteiger partial charge in [0, 0.05) is 30.2 Å². The molecule has 0 unspecified atom stereocenters. The zero-order chi connectivity index (χ0) is 15.4. The van der Waals surface area contributed by atoms with Crippen molar-refractivity contribution in [2.45, 2.75) is 13.0 Å². The molecule has 1 N–H and O–H groups in total. The van der Waals surface area contributed by atoms with E-state index in [4.69, 9.17) is 4.52 Å². The Morgan fingerprint density at radius 1 is 1.32 bits per heavy atom. The van der Waals surface area contributed by atoms with Crippen LogP contribution in [0.2, 0.25) is 0 Å². The van der Waals surface area contributed by atoms with Crippen LogP contribution in [-0.4, -0.2) is 45.7 Å². The third-order valence-electron chi connectivity index (χ3n) is 3.48. The molecule has 0 bridgehead atoms. The molecule has 0 saturated carbocycles. The summed E-state index contributed by atoms with van der Waals surface area (Å²) in [4.78, 5) is 18.4. The van der Waals surface area contributed by atoms with Gasteiger partial charge in [0.1, 0.15) is 6.04 Å². The number of amides is 2. The number of benzene rings is 1. The number of nitrogens with one attached hydrogen (secondary N) is 1. The van der Waals surface area contributed by atoms with Crippen molar-refractivity contribution in [3.63, 3.8) is 0 Å². The smallest absolute Gasteiger partial charge is 0.318 e. The van der Waals surface area contributed by atoms with Gasteiger partial charge in [-0.1, -0.05) is 35.5 Å². The number of rotatable bonds is 3. The number of carbonyl (C=O) groups excluding carboxylic acids is 1. The fourth-order valence-electron chi connectivity index (χ4n) is 2.22. The molecule has 116 valence electrons. The van der Waals surface area contributed by atoms with Crippen molar-refractivity contribution in [3.8, 4) is 11.4 Å². The van der Waals surface area contributed by atoms with Gasteiger partial charge in [-0.05, 0) is 6.92 Å². The van der Waals surface area contributed by atoms with Gasteiger partial charge in [-0.15, -0.1) is 0 Å². The molecule has 2 heterocycles. The van der Waals surface area contributed by atoms with Crippen molar-refractivity contribution >= 4 is 17.8 Å². The van der Waals surface area contributed by atoms with Crippen molar-refractivity contribution in [2.75, 3.05) is 24.6 Å². The second-order valence-electron chi connectivity index (χ2n) is 5.09. The lowest BCUT2D eigenvalue weighted by Gasteiger charge is -2.27. The molecule has 2 aromatic rings. The Hall–Kier alpha value is -2.02. The average molecular weight is 318 g/mol. The molecule has 0 radical (unpaired) electrons. The number of hydrogen-bond acceptors (Lipinski definition) is 5. The maximum absolute atomic E-state index is 12.2. The van der Waals surface area contributed by atoms with E-state index in [-0.39, 0.29) is 12.1 Å². The van der Waals surface area contributed by atoms with Gasteiger partial charge in [-0.25, -0.2) is 4.79 Å². The Labute approximate surface area is 133 Å². The lowest BCUT2D eigenvalue weighted by Crippen LogP contribution is -2.45. The van der Waals surface area contributed by atoms with Gasteiger partial charge in [-0.2, -0.15) is 16.7 Å². The van der Waals surface area contributed by atoms with E-state index in [9.17, 15) is 4.79 Å². The summed E-state index contributed by atoms with van der Waals surface area (Å²) >= 11 is 1.87. The Kier molecular flexibility index (Phi) is 4.62. The Balaban J connectivity index is 1.64. The molecular formula is C15H18N4O2S. The van der Waals surface area contributed by atoms with E-state index in [0.29, 0.717) is 11.7 Å². The summed E-state index contributed by atoms with van der Waals surface area (Å²) < 4.78 is 5.27. The summed E-state index contributed by atoms with van der Waals surface area (Å²) in [6.07, 6.45) is 0. The number of carbonyl (C=O) groups is 1. The zero-order valence-electron chi connectivity index (χ0n) is 12.4. The number of urea groups is 1. The third-order valence-corrected chi connectivity index (χ3v) is 4.42. The first-order valence-corrected chi connectivity index (χ1v) is 8.42. The average Bonchev–Trinajstić information content (AvgIpc) is 3.06. The summed E-state index contributed by atoms with van der Waals surface area (Å²) in [6.45, 7) is 3.41. The highest BCUT2D eigenvalue weighted by molar-refractivity contribution is 7.99. The van der Waals surface area contributed by atoms with Gasteiger partial charge in [0.25, 0.3) is 0 Å². The molecule has 6 nitrogen and oxygen atoms in total. The lowest BCUT2D eigenvalue weighted by molar-refractivity contribution is 0.196. The molecule has 1 atom stereocenters. The predicted molar refractivity (Wildman–Crippen MR) is 85.6 cm³/mol. The van der Waals surface area contributed by atoms with Crippen LogP contribution in [0.4, 0.5) is 4.79 Å². The second kappa shape index (κ2) is 6.83. The maximum atomic E-state index is 12.2. The number of nitrogens with zero attached hydrogens (tertiary/aromatic N) is 3. The molecular weight excluding hydrogens is 300 g/mol. The second-order valence-corrected chi connectivity index (χ2v) is 6.32. The minimum atomic E-state index is -0.313. The molecule has 7 heteroatoms. The van der Waals surface area contributed by atoms with E-state index in [1.54, 1.807) is 0 Å². The molecule has 1 aliphatic rings. The Morgan fingerprint density at radius 3 is 2.77 bits per heavy atom. The molecule has 1 saturated heterocycles. The summed E-state index contributed by atoms with van der Waals surface area (Å²) in [5, 5.41) is 6.89. The molecule has 1 aromatic heterocycles. The highest BCUT2D eigenvalue weighted by Crippen LogP contribution is 2.18. The monoisotopic (exact) mass is 318 g/mol. The van der Waals surface area contributed by atoms with Crippen LogP contribution in [0.15, 0.2) is 34.9 Å². The largest absolute Gasteiger partial charge is 0.337 e. The first kappa shape index (κ1) is 14.9.